The predicted molar refractivity (Wildman–Crippen MR) is 244 cm³/mol. The summed E-state index contributed by atoms with van der Waals surface area (Å²) in [6, 6.07) is 8.03. The zero-order valence-corrected chi connectivity index (χ0v) is 37.7. The molecule has 2 aromatic heterocycles. The number of aromatic nitrogens is 6. The highest BCUT2D eigenvalue weighted by molar-refractivity contribution is 7.86. The van der Waals surface area contributed by atoms with Crippen molar-refractivity contribution in [1.29, 1.82) is 0 Å². The van der Waals surface area contributed by atoms with Crippen LogP contribution in [0.3, 0.4) is 0 Å². The first-order chi connectivity index (χ1) is 31.8. The van der Waals surface area contributed by atoms with E-state index in [1.165, 1.54) is 36.4 Å². The molecule has 0 saturated carbocycles. The summed E-state index contributed by atoms with van der Waals surface area (Å²) in [5.74, 6) is 1.08. The van der Waals surface area contributed by atoms with Gasteiger partial charge in [-0.25, -0.2) is 0 Å². The maximum absolute atomic E-state index is 12.8. The van der Waals surface area contributed by atoms with Crippen molar-refractivity contribution >= 4 is 79.5 Å². The molecule has 24 nitrogen and oxygen atoms in total. The van der Waals surface area contributed by atoms with E-state index >= 15 is 0 Å². The second kappa shape index (κ2) is 23.9. The highest BCUT2D eigenvalue weighted by Crippen LogP contribution is 2.30. The lowest BCUT2D eigenvalue weighted by Gasteiger charge is -2.32. The number of aliphatic hydroxyl groups excluding tert-OH is 4. The number of hydrogen-bond donors (Lipinski definition) is 10. The van der Waals surface area contributed by atoms with Crippen molar-refractivity contribution in [3.05, 3.63) is 47.5 Å². The molecule has 6 rings (SSSR count). The second-order valence-electron chi connectivity index (χ2n) is 15.4. The summed E-state index contributed by atoms with van der Waals surface area (Å²) in [5, 5.41) is 49.7. The summed E-state index contributed by atoms with van der Waals surface area (Å²) in [5.41, 5.74) is 0.270. The number of piperidine rings is 2. The summed E-state index contributed by atoms with van der Waals surface area (Å²) in [6.45, 7) is 3.38. The van der Waals surface area contributed by atoms with Gasteiger partial charge in [0, 0.05) is 63.9 Å². The van der Waals surface area contributed by atoms with E-state index in [4.69, 9.17) is 19.7 Å². The summed E-state index contributed by atoms with van der Waals surface area (Å²) < 4.78 is 82.3. The van der Waals surface area contributed by atoms with Gasteiger partial charge in [-0.2, -0.15) is 46.7 Å². The van der Waals surface area contributed by atoms with Crippen LogP contribution in [0.25, 0.3) is 12.2 Å². The maximum atomic E-state index is 12.8. The summed E-state index contributed by atoms with van der Waals surface area (Å²) in [7, 11) is -9.76. The fraction of sp³-hybridized carbons (Fsp3) is 0.500. The van der Waals surface area contributed by atoms with Gasteiger partial charge in [0.2, 0.25) is 35.7 Å². The third-order valence-corrected chi connectivity index (χ3v) is 12.3. The quantitative estimate of drug-likeness (QED) is 0.0270. The normalized spacial score (nSPS) is 17.0. The number of nitrogens with one attached hydrogen (secondary N) is 4. The van der Waals surface area contributed by atoms with Crippen LogP contribution >= 0.6 is 0 Å². The fourth-order valence-electron chi connectivity index (χ4n) is 7.26. The van der Waals surface area contributed by atoms with E-state index in [2.05, 4.69) is 51.2 Å². The van der Waals surface area contributed by atoms with Crippen molar-refractivity contribution in [2.75, 3.05) is 123 Å². The van der Waals surface area contributed by atoms with Crippen molar-refractivity contribution in [3.8, 4) is 0 Å². The van der Waals surface area contributed by atoms with Gasteiger partial charge in [0.05, 0.1) is 39.6 Å². The number of benzene rings is 2. The third kappa shape index (κ3) is 14.5. The van der Waals surface area contributed by atoms with Crippen LogP contribution in [0.4, 0.5) is 47.1 Å². The molecule has 4 aromatic rings. The SMILES string of the molecule is O=S(=O)(O)c1cc(Nc2nc(NCCOCCO)nc(N3CCCC(CO)C3)n2)ccc1/C=C/c1ccc(Nc2nc(NCCOCCO)nc(N3CCCC(CO)C3)n2)cc1S(=O)(=O)O. The van der Waals surface area contributed by atoms with Crippen LogP contribution in [0, 0.1) is 11.8 Å². The second-order valence-corrected chi connectivity index (χ2v) is 18.2. The van der Waals surface area contributed by atoms with Crippen LogP contribution in [0.2, 0.25) is 0 Å². The predicted octanol–water partition coefficient (Wildman–Crippen LogP) is 1.47. The maximum Gasteiger partial charge on any atom is 0.295 e. The summed E-state index contributed by atoms with van der Waals surface area (Å²) in [4.78, 5) is 29.7. The first-order valence-electron chi connectivity index (χ1n) is 21.3. The van der Waals surface area contributed by atoms with Gasteiger partial charge in [-0.15, -0.1) is 0 Å². The molecule has 4 heterocycles. The van der Waals surface area contributed by atoms with Gasteiger partial charge in [0.25, 0.3) is 20.2 Å². The first-order valence-corrected chi connectivity index (χ1v) is 24.2. The Hall–Kier alpha value is -5.42. The Morgan fingerprint density at radius 2 is 1.00 bits per heavy atom. The first kappa shape index (κ1) is 50.0. The van der Waals surface area contributed by atoms with Crippen molar-refractivity contribution in [1.82, 2.24) is 29.9 Å². The molecule has 10 N–H and O–H groups in total. The van der Waals surface area contributed by atoms with Gasteiger partial charge in [0.1, 0.15) is 9.79 Å². The molecule has 0 aliphatic carbocycles. The van der Waals surface area contributed by atoms with Gasteiger partial charge in [0.15, 0.2) is 0 Å². The van der Waals surface area contributed by atoms with Gasteiger partial charge < -0.3 is 61.0 Å². The molecule has 0 radical (unpaired) electrons. The van der Waals surface area contributed by atoms with Crippen LogP contribution in [0.1, 0.15) is 36.8 Å². The Morgan fingerprint density at radius 1 is 0.591 bits per heavy atom. The van der Waals surface area contributed by atoms with Crippen molar-refractivity contribution in [2.45, 2.75) is 35.5 Å². The molecule has 2 unspecified atom stereocenters. The van der Waals surface area contributed by atoms with Crippen LogP contribution in [-0.4, -0.2) is 168 Å². The fourth-order valence-corrected chi connectivity index (χ4v) is 8.68. The number of rotatable bonds is 24. The highest BCUT2D eigenvalue weighted by Gasteiger charge is 2.25. The smallest absolute Gasteiger partial charge is 0.295 e. The monoisotopic (exact) mass is 960 g/mol. The van der Waals surface area contributed by atoms with E-state index in [0.717, 1.165) is 37.8 Å². The number of hydrogen-bond acceptors (Lipinski definition) is 22. The minimum absolute atomic E-state index is 0.00117. The largest absolute Gasteiger partial charge is 0.396 e. The Kier molecular flexibility index (Phi) is 18.1. The molecule has 360 valence electrons. The van der Waals surface area contributed by atoms with Crippen molar-refractivity contribution < 1.29 is 55.8 Å². The molecule has 0 spiro atoms. The number of ether oxygens (including phenoxy) is 2. The lowest BCUT2D eigenvalue weighted by atomic mass is 9.99. The van der Waals surface area contributed by atoms with Gasteiger partial charge >= 0.3 is 0 Å². The molecule has 2 aromatic carbocycles. The Morgan fingerprint density at radius 3 is 1.38 bits per heavy atom. The van der Waals surface area contributed by atoms with Gasteiger partial charge in [-0.05, 0) is 72.9 Å². The molecular weight excluding hydrogens is 905 g/mol. The molecule has 2 aliphatic heterocycles. The Bertz CT molecular complexity index is 2320. The van der Waals surface area contributed by atoms with Crippen molar-refractivity contribution in [3.63, 3.8) is 0 Å². The lowest BCUT2D eigenvalue weighted by molar-refractivity contribution is 0.0991. The topological polar surface area (TPSA) is 340 Å². The average molecular weight is 961 g/mol. The molecule has 2 aliphatic rings. The Balaban J connectivity index is 1.25. The molecule has 0 bridgehead atoms. The van der Waals surface area contributed by atoms with E-state index in [9.17, 15) is 36.2 Å². The number of anilines is 8. The van der Waals surface area contributed by atoms with Crippen LogP contribution < -0.4 is 31.1 Å². The average Bonchev–Trinajstić information content (AvgIpc) is 3.30. The van der Waals surface area contributed by atoms with E-state index in [0.29, 0.717) is 51.2 Å². The summed E-state index contributed by atoms with van der Waals surface area (Å²) in [6.07, 6.45) is 5.81. The number of aliphatic hydroxyl groups is 4. The van der Waals surface area contributed by atoms with Crippen LogP contribution in [-0.2, 0) is 29.7 Å². The van der Waals surface area contributed by atoms with E-state index in [1.54, 1.807) is 0 Å². The standard InChI is InChI=1S/C40H56N12O12S2/c53-15-19-63-17-11-41-35-45-37(49-39(47-35)51-13-1-3-27(23-51)25-55)43-31-9-7-29(33(21-31)65(57,58)59)5-6-30-8-10-32(22-34(30)66(60,61)62)44-38-46-36(42-12-18-64-20-16-54)48-40(50-38)52-14-2-4-28(24-52)26-56/h5-10,21-22,27-28,53-56H,1-4,11-20,23-26H2,(H,57,58,59)(H,60,61,62)(H2,41,43,45,47,49)(H2,42,44,46,48,50)/b6-5+. The molecule has 26 heteroatoms. The molecule has 2 saturated heterocycles. The Labute approximate surface area is 382 Å². The number of nitrogens with zero attached hydrogens (tertiary/aromatic N) is 8. The van der Waals surface area contributed by atoms with E-state index < -0.39 is 30.0 Å². The molecule has 0 amide bonds. The molecule has 66 heavy (non-hydrogen) atoms. The van der Waals surface area contributed by atoms with Crippen molar-refractivity contribution in [2.24, 2.45) is 11.8 Å². The molecule has 2 fully saturated rings. The minimum atomic E-state index is -4.88. The lowest BCUT2D eigenvalue weighted by Crippen LogP contribution is -2.38. The van der Waals surface area contributed by atoms with E-state index in [1.807, 2.05) is 9.80 Å². The summed E-state index contributed by atoms with van der Waals surface area (Å²) >= 11 is 0. The van der Waals surface area contributed by atoms with Crippen LogP contribution in [0.15, 0.2) is 46.2 Å². The van der Waals surface area contributed by atoms with Crippen LogP contribution in [0.5, 0.6) is 0 Å². The molecule has 2 atom stereocenters. The van der Waals surface area contributed by atoms with E-state index in [-0.39, 0.29) is 111 Å². The highest BCUT2D eigenvalue weighted by atomic mass is 32.2. The zero-order valence-electron chi connectivity index (χ0n) is 36.0. The zero-order chi connectivity index (χ0) is 47.1. The molecular formula is C40H56N12O12S2. The minimum Gasteiger partial charge on any atom is -0.396 e. The van der Waals surface area contributed by atoms with Gasteiger partial charge in [-0.1, -0.05) is 24.3 Å². The third-order valence-electron chi connectivity index (χ3n) is 10.4. The van der Waals surface area contributed by atoms with Gasteiger partial charge in [-0.3, -0.25) is 9.11 Å².